The van der Waals surface area contributed by atoms with E-state index in [-0.39, 0.29) is 12.0 Å². The van der Waals surface area contributed by atoms with Crippen molar-refractivity contribution in [3.63, 3.8) is 0 Å². The van der Waals surface area contributed by atoms with Gasteiger partial charge in [0, 0.05) is 0 Å². The Morgan fingerprint density at radius 3 is 1.80 bits per heavy atom. The van der Waals surface area contributed by atoms with Crippen LogP contribution in [0.4, 0.5) is 0 Å². The molecule has 0 fully saturated rings. The zero-order valence-electron chi connectivity index (χ0n) is 14.4. The zero-order chi connectivity index (χ0) is 15.9. The van der Waals surface area contributed by atoms with Gasteiger partial charge in [0.15, 0.2) is 8.32 Å². The predicted molar refractivity (Wildman–Crippen MR) is 87.5 cm³/mol. The molecule has 0 aliphatic carbocycles. The molecule has 0 unspecified atom stereocenters. The Labute approximate surface area is 126 Å². The van der Waals surface area contributed by atoms with Crippen LogP contribution in [0, 0.1) is 17.8 Å². The molecule has 0 spiro atoms. The predicted octanol–water partition coefficient (Wildman–Crippen LogP) is 4.78. The van der Waals surface area contributed by atoms with E-state index in [2.05, 4.69) is 41.5 Å². The number of hydrogen-bond donors (Lipinski definition) is 1. The molecule has 0 aromatic heterocycles. The van der Waals surface area contributed by atoms with E-state index in [1.54, 1.807) is 6.92 Å². The maximum Gasteiger partial charge on any atom is 0.308 e. The molecule has 3 nitrogen and oxygen atoms in total. The Morgan fingerprint density at radius 2 is 1.50 bits per heavy atom. The topological polar surface area (TPSA) is 46.5 Å². The number of hydrogen-bond acceptors (Lipinski definition) is 2. The standard InChI is InChI=1S/C16H34O3Si/c1-8-20(9-2,10-3)19-15(14(7)16(17)18)13(6)11-12(4)5/h12-15H,8-11H2,1-7H3,(H,17,18)/t13-,14-,15-/m1/s1. The Hall–Kier alpha value is -0.353. The summed E-state index contributed by atoms with van der Waals surface area (Å²) in [4.78, 5) is 11.4. The molecular weight excluding hydrogens is 268 g/mol. The first-order valence-electron chi connectivity index (χ1n) is 8.13. The van der Waals surface area contributed by atoms with Crippen molar-refractivity contribution in [3.05, 3.63) is 0 Å². The summed E-state index contributed by atoms with van der Waals surface area (Å²) in [5, 5.41) is 9.39. The second-order valence-electron chi connectivity index (χ2n) is 6.56. The minimum absolute atomic E-state index is 0.151. The van der Waals surface area contributed by atoms with Gasteiger partial charge in [-0.3, -0.25) is 4.79 Å². The van der Waals surface area contributed by atoms with Gasteiger partial charge >= 0.3 is 5.97 Å². The number of carboxylic acids is 1. The minimum atomic E-state index is -1.77. The van der Waals surface area contributed by atoms with E-state index in [1.165, 1.54) is 0 Å². The summed E-state index contributed by atoms with van der Waals surface area (Å²) < 4.78 is 6.53. The smallest absolute Gasteiger partial charge is 0.308 e. The van der Waals surface area contributed by atoms with Crippen LogP contribution in [0.3, 0.4) is 0 Å². The normalized spacial score (nSPS) is 17.0. The first-order chi connectivity index (χ1) is 9.22. The average Bonchev–Trinajstić information content (AvgIpc) is 2.39. The zero-order valence-corrected chi connectivity index (χ0v) is 15.4. The molecule has 0 saturated carbocycles. The van der Waals surface area contributed by atoms with Gasteiger partial charge in [0.1, 0.15) is 0 Å². The lowest BCUT2D eigenvalue weighted by Gasteiger charge is -2.38. The van der Waals surface area contributed by atoms with E-state index in [0.717, 1.165) is 24.6 Å². The highest BCUT2D eigenvalue weighted by Gasteiger charge is 2.38. The molecule has 3 atom stereocenters. The van der Waals surface area contributed by atoms with Crippen molar-refractivity contribution < 1.29 is 14.3 Å². The molecule has 120 valence electrons. The molecule has 0 amide bonds. The third-order valence-corrected chi connectivity index (χ3v) is 9.24. The van der Waals surface area contributed by atoms with Crippen molar-refractivity contribution in [1.29, 1.82) is 0 Å². The molecule has 0 aromatic carbocycles. The van der Waals surface area contributed by atoms with Crippen molar-refractivity contribution in [3.8, 4) is 0 Å². The molecule has 0 aromatic rings. The summed E-state index contributed by atoms with van der Waals surface area (Å²) >= 11 is 0. The Bertz CT molecular complexity index is 279. The van der Waals surface area contributed by atoms with Gasteiger partial charge in [-0.1, -0.05) is 41.5 Å². The van der Waals surface area contributed by atoms with Crippen LogP contribution >= 0.6 is 0 Å². The molecular formula is C16H34O3Si. The maximum atomic E-state index is 11.4. The van der Waals surface area contributed by atoms with E-state index in [9.17, 15) is 9.90 Å². The van der Waals surface area contributed by atoms with E-state index in [0.29, 0.717) is 5.92 Å². The van der Waals surface area contributed by atoms with E-state index in [4.69, 9.17) is 4.43 Å². The third kappa shape index (κ3) is 5.56. The van der Waals surface area contributed by atoms with Gasteiger partial charge in [0.2, 0.25) is 0 Å². The van der Waals surface area contributed by atoms with Crippen LogP contribution in [0.2, 0.25) is 18.1 Å². The lowest BCUT2D eigenvalue weighted by molar-refractivity contribution is -0.145. The first kappa shape index (κ1) is 19.6. The van der Waals surface area contributed by atoms with E-state index < -0.39 is 20.2 Å². The highest BCUT2D eigenvalue weighted by atomic mass is 28.4. The highest BCUT2D eigenvalue weighted by Crippen LogP contribution is 2.31. The fourth-order valence-electron chi connectivity index (χ4n) is 3.02. The van der Waals surface area contributed by atoms with Gasteiger partial charge in [-0.05, 0) is 43.3 Å². The minimum Gasteiger partial charge on any atom is -0.481 e. The number of rotatable bonds is 10. The molecule has 1 N–H and O–H groups in total. The summed E-state index contributed by atoms with van der Waals surface area (Å²) in [7, 11) is -1.77. The third-order valence-electron chi connectivity index (χ3n) is 4.61. The molecule has 0 aliphatic heterocycles. The van der Waals surface area contributed by atoms with Crippen molar-refractivity contribution in [1.82, 2.24) is 0 Å². The van der Waals surface area contributed by atoms with Crippen LogP contribution in [0.5, 0.6) is 0 Å². The maximum absolute atomic E-state index is 11.4. The molecule has 0 heterocycles. The number of aliphatic carboxylic acids is 1. The first-order valence-corrected chi connectivity index (χ1v) is 10.7. The van der Waals surface area contributed by atoms with Crippen LogP contribution in [-0.4, -0.2) is 25.5 Å². The lowest BCUT2D eigenvalue weighted by atomic mass is 9.87. The Balaban J connectivity index is 5.16. The van der Waals surface area contributed by atoms with Crippen LogP contribution in [0.1, 0.15) is 54.9 Å². The van der Waals surface area contributed by atoms with Crippen LogP contribution < -0.4 is 0 Å². The fraction of sp³-hybridized carbons (Fsp3) is 0.938. The van der Waals surface area contributed by atoms with Gasteiger partial charge in [0.05, 0.1) is 12.0 Å². The SMILES string of the molecule is CC[Si](CC)(CC)O[C@H]([C@H](C)CC(C)C)[C@@H](C)C(=O)O. The monoisotopic (exact) mass is 302 g/mol. The van der Waals surface area contributed by atoms with Crippen molar-refractivity contribution in [2.45, 2.75) is 79.1 Å². The van der Waals surface area contributed by atoms with Crippen LogP contribution in [-0.2, 0) is 9.22 Å². The molecule has 0 aliphatic rings. The van der Waals surface area contributed by atoms with E-state index in [1.807, 2.05) is 0 Å². The molecule has 20 heavy (non-hydrogen) atoms. The van der Waals surface area contributed by atoms with Crippen molar-refractivity contribution >= 4 is 14.3 Å². The number of carbonyl (C=O) groups is 1. The fourth-order valence-corrected chi connectivity index (χ4v) is 6.03. The summed E-state index contributed by atoms with van der Waals surface area (Å²) in [6.07, 6.45) is 0.866. The highest BCUT2D eigenvalue weighted by molar-refractivity contribution is 6.73. The largest absolute Gasteiger partial charge is 0.481 e. The summed E-state index contributed by atoms with van der Waals surface area (Å²) in [6, 6.07) is 3.20. The van der Waals surface area contributed by atoms with Crippen molar-refractivity contribution in [2.24, 2.45) is 17.8 Å². The second kappa shape index (κ2) is 8.83. The summed E-state index contributed by atoms with van der Waals surface area (Å²) in [5.74, 6) is -0.312. The molecule has 0 rings (SSSR count). The van der Waals surface area contributed by atoms with Gasteiger partial charge in [-0.25, -0.2) is 0 Å². The van der Waals surface area contributed by atoms with Gasteiger partial charge in [-0.15, -0.1) is 0 Å². The molecule has 0 radical (unpaired) electrons. The van der Waals surface area contributed by atoms with Crippen LogP contribution in [0.25, 0.3) is 0 Å². The average molecular weight is 303 g/mol. The van der Waals surface area contributed by atoms with Gasteiger partial charge < -0.3 is 9.53 Å². The second-order valence-corrected chi connectivity index (χ2v) is 11.3. The van der Waals surface area contributed by atoms with Crippen LogP contribution in [0.15, 0.2) is 0 Å². The number of carboxylic acid groups (broad SMARTS) is 1. The Kier molecular flexibility index (Phi) is 8.67. The summed E-state index contributed by atoms with van der Waals surface area (Å²) in [6.45, 7) is 14.9. The van der Waals surface area contributed by atoms with Gasteiger partial charge in [0.25, 0.3) is 0 Å². The molecule has 4 heteroatoms. The molecule has 0 saturated heterocycles. The summed E-state index contributed by atoms with van der Waals surface area (Å²) in [5.41, 5.74) is 0. The quantitative estimate of drug-likeness (QED) is 0.591. The Morgan fingerprint density at radius 1 is 1.05 bits per heavy atom. The van der Waals surface area contributed by atoms with Gasteiger partial charge in [-0.2, -0.15) is 0 Å². The van der Waals surface area contributed by atoms with Crippen molar-refractivity contribution in [2.75, 3.05) is 0 Å². The van der Waals surface area contributed by atoms with E-state index >= 15 is 0 Å². The lowest BCUT2D eigenvalue weighted by Crippen LogP contribution is -2.46. The molecule has 0 bridgehead atoms.